The number of hydrogen-bond acceptors (Lipinski definition) is 4. The minimum absolute atomic E-state index is 0.0153. The first-order valence-electron chi connectivity index (χ1n) is 8.62. The Morgan fingerprint density at radius 2 is 1.92 bits per heavy atom. The number of amides is 1. The van der Waals surface area contributed by atoms with Crippen LogP contribution in [0.3, 0.4) is 0 Å². The molecule has 0 bridgehead atoms. The summed E-state index contributed by atoms with van der Waals surface area (Å²) in [5, 5.41) is 6.28. The Morgan fingerprint density at radius 1 is 1.12 bits per heavy atom. The third-order valence-electron chi connectivity index (χ3n) is 4.09. The van der Waals surface area contributed by atoms with Gasteiger partial charge in [-0.1, -0.05) is 48.5 Å². The smallest absolute Gasteiger partial charge is 0.226 e. The standard InChI is InChI=1S/C20H24N2O3/c23-20(12-18-15-24-11-10-21-18)22-19-9-5-4-8-17(19)14-25-13-16-6-2-1-3-7-16/h1-9,18,21H,10-15H2,(H,22,23). The second kappa shape index (κ2) is 9.32. The Balaban J connectivity index is 1.52. The van der Waals surface area contributed by atoms with Crippen LogP contribution >= 0.6 is 0 Å². The highest BCUT2D eigenvalue weighted by atomic mass is 16.5. The lowest BCUT2D eigenvalue weighted by Crippen LogP contribution is -2.43. The maximum Gasteiger partial charge on any atom is 0.226 e. The molecule has 25 heavy (non-hydrogen) atoms. The summed E-state index contributed by atoms with van der Waals surface area (Å²) in [5.74, 6) is -0.0153. The molecule has 2 aromatic rings. The molecule has 0 aliphatic carbocycles. The van der Waals surface area contributed by atoms with Crippen molar-refractivity contribution in [2.24, 2.45) is 0 Å². The number of rotatable bonds is 7. The van der Waals surface area contributed by atoms with Crippen molar-refractivity contribution in [3.8, 4) is 0 Å². The van der Waals surface area contributed by atoms with E-state index in [1.54, 1.807) is 0 Å². The topological polar surface area (TPSA) is 59.6 Å². The van der Waals surface area contributed by atoms with E-state index in [0.717, 1.165) is 23.4 Å². The molecule has 1 fully saturated rings. The lowest BCUT2D eigenvalue weighted by atomic mass is 10.1. The number of hydrogen-bond donors (Lipinski definition) is 2. The van der Waals surface area contributed by atoms with Crippen molar-refractivity contribution in [2.75, 3.05) is 25.1 Å². The summed E-state index contributed by atoms with van der Waals surface area (Å²) in [6.07, 6.45) is 0.402. The van der Waals surface area contributed by atoms with E-state index in [4.69, 9.17) is 9.47 Å². The number of para-hydroxylation sites is 1. The number of carbonyl (C=O) groups excluding carboxylic acids is 1. The molecule has 1 aliphatic heterocycles. The molecule has 132 valence electrons. The third-order valence-corrected chi connectivity index (χ3v) is 4.09. The fourth-order valence-corrected chi connectivity index (χ4v) is 2.80. The van der Waals surface area contributed by atoms with Crippen LogP contribution in [-0.4, -0.2) is 31.7 Å². The Morgan fingerprint density at radius 3 is 2.72 bits per heavy atom. The summed E-state index contributed by atoms with van der Waals surface area (Å²) in [5.41, 5.74) is 2.91. The molecular weight excluding hydrogens is 316 g/mol. The van der Waals surface area contributed by atoms with Gasteiger partial charge < -0.3 is 20.1 Å². The highest BCUT2D eigenvalue weighted by molar-refractivity contribution is 5.91. The first kappa shape index (κ1) is 17.6. The lowest BCUT2D eigenvalue weighted by molar-refractivity contribution is -0.117. The summed E-state index contributed by atoms with van der Waals surface area (Å²) < 4.78 is 11.2. The lowest BCUT2D eigenvalue weighted by Gasteiger charge is -2.23. The van der Waals surface area contributed by atoms with E-state index >= 15 is 0 Å². The van der Waals surface area contributed by atoms with Gasteiger partial charge in [-0.3, -0.25) is 4.79 Å². The predicted octanol–water partition coefficient (Wildman–Crippen LogP) is 2.72. The van der Waals surface area contributed by atoms with Crippen LogP contribution < -0.4 is 10.6 Å². The van der Waals surface area contributed by atoms with E-state index < -0.39 is 0 Å². The zero-order valence-corrected chi connectivity index (χ0v) is 14.2. The van der Waals surface area contributed by atoms with Crippen LogP contribution in [0.5, 0.6) is 0 Å². The highest BCUT2D eigenvalue weighted by Crippen LogP contribution is 2.17. The molecule has 1 unspecified atom stereocenters. The minimum atomic E-state index is -0.0153. The van der Waals surface area contributed by atoms with Crippen molar-refractivity contribution in [2.45, 2.75) is 25.7 Å². The molecule has 2 N–H and O–H groups in total. The van der Waals surface area contributed by atoms with Gasteiger partial charge in [0, 0.05) is 30.3 Å². The minimum Gasteiger partial charge on any atom is -0.378 e. The zero-order chi connectivity index (χ0) is 17.3. The SMILES string of the molecule is O=C(CC1COCCN1)Nc1ccccc1COCc1ccccc1. The van der Waals surface area contributed by atoms with Gasteiger partial charge in [0.2, 0.25) is 5.91 Å². The van der Waals surface area contributed by atoms with E-state index in [1.807, 2.05) is 54.6 Å². The van der Waals surface area contributed by atoms with Gasteiger partial charge in [-0.15, -0.1) is 0 Å². The fourth-order valence-electron chi connectivity index (χ4n) is 2.80. The Labute approximate surface area is 148 Å². The maximum atomic E-state index is 12.3. The van der Waals surface area contributed by atoms with E-state index in [-0.39, 0.29) is 11.9 Å². The van der Waals surface area contributed by atoms with Crippen LogP contribution in [0.15, 0.2) is 54.6 Å². The van der Waals surface area contributed by atoms with Crippen molar-refractivity contribution in [3.63, 3.8) is 0 Å². The van der Waals surface area contributed by atoms with Gasteiger partial charge in [0.25, 0.3) is 0 Å². The molecule has 3 rings (SSSR count). The van der Waals surface area contributed by atoms with Crippen LogP contribution in [-0.2, 0) is 27.5 Å². The molecule has 1 heterocycles. The zero-order valence-electron chi connectivity index (χ0n) is 14.2. The molecule has 1 amide bonds. The van der Waals surface area contributed by atoms with E-state index in [2.05, 4.69) is 10.6 Å². The number of anilines is 1. The quantitative estimate of drug-likeness (QED) is 0.814. The van der Waals surface area contributed by atoms with Crippen LogP contribution in [0, 0.1) is 0 Å². The molecular formula is C20H24N2O3. The summed E-state index contributed by atoms with van der Waals surface area (Å²) in [7, 11) is 0. The van der Waals surface area contributed by atoms with Crippen molar-refractivity contribution in [1.29, 1.82) is 0 Å². The molecule has 0 saturated carbocycles. The van der Waals surface area contributed by atoms with Gasteiger partial charge in [-0.05, 0) is 11.6 Å². The number of carbonyl (C=O) groups is 1. The second-order valence-electron chi connectivity index (χ2n) is 6.11. The molecule has 0 aromatic heterocycles. The largest absolute Gasteiger partial charge is 0.378 e. The Kier molecular flexibility index (Phi) is 6.56. The molecule has 5 nitrogen and oxygen atoms in total. The van der Waals surface area contributed by atoms with Gasteiger partial charge >= 0.3 is 0 Å². The normalized spacial score (nSPS) is 17.2. The van der Waals surface area contributed by atoms with Gasteiger partial charge in [-0.2, -0.15) is 0 Å². The molecule has 0 radical (unpaired) electrons. The van der Waals surface area contributed by atoms with Crippen molar-refractivity contribution >= 4 is 11.6 Å². The first-order valence-corrected chi connectivity index (χ1v) is 8.62. The van der Waals surface area contributed by atoms with Crippen molar-refractivity contribution in [3.05, 3.63) is 65.7 Å². The van der Waals surface area contributed by atoms with Gasteiger partial charge in [0.15, 0.2) is 0 Å². The molecule has 1 atom stereocenters. The number of morpholine rings is 1. The summed E-state index contributed by atoms with van der Waals surface area (Å²) in [6, 6.07) is 17.9. The molecule has 1 saturated heterocycles. The highest BCUT2D eigenvalue weighted by Gasteiger charge is 2.17. The average Bonchev–Trinajstić information content (AvgIpc) is 2.65. The number of ether oxygens (including phenoxy) is 2. The molecule has 0 spiro atoms. The second-order valence-corrected chi connectivity index (χ2v) is 6.11. The third kappa shape index (κ3) is 5.67. The van der Waals surface area contributed by atoms with E-state index in [0.29, 0.717) is 32.8 Å². The maximum absolute atomic E-state index is 12.3. The summed E-state index contributed by atoms with van der Waals surface area (Å²) in [4.78, 5) is 12.3. The number of nitrogens with one attached hydrogen (secondary N) is 2. The van der Waals surface area contributed by atoms with Gasteiger partial charge in [0.1, 0.15) is 0 Å². The Hall–Kier alpha value is -2.21. The predicted molar refractivity (Wildman–Crippen MR) is 97.2 cm³/mol. The van der Waals surface area contributed by atoms with E-state index in [1.165, 1.54) is 0 Å². The van der Waals surface area contributed by atoms with Gasteiger partial charge in [0.05, 0.1) is 26.4 Å². The first-order chi connectivity index (χ1) is 12.3. The number of benzene rings is 2. The van der Waals surface area contributed by atoms with Gasteiger partial charge in [-0.25, -0.2) is 0 Å². The van der Waals surface area contributed by atoms with Crippen LogP contribution in [0.25, 0.3) is 0 Å². The summed E-state index contributed by atoms with van der Waals surface area (Å²) in [6.45, 7) is 3.08. The summed E-state index contributed by atoms with van der Waals surface area (Å²) >= 11 is 0. The average molecular weight is 340 g/mol. The van der Waals surface area contributed by atoms with Crippen molar-refractivity contribution in [1.82, 2.24) is 5.32 Å². The van der Waals surface area contributed by atoms with E-state index in [9.17, 15) is 4.79 Å². The fraction of sp³-hybridized carbons (Fsp3) is 0.350. The van der Waals surface area contributed by atoms with Crippen LogP contribution in [0.2, 0.25) is 0 Å². The van der Waals surface area contributed by atoms with Crippen molar-refractivity contribution < 1.29 is 14.3 Å². The molecule has 5 heteroatoms. The van der Waals surface area contributed by atoms with Crippen LogP contribution in [0.1, 0.15) is 17.5 Å². The molecule has 2 aromatic carbocycles. The van der Waals surface area contributed by atoms with Crippen LogP contribution in [0.4, 0.5) is 5.69 Å². The Bertz CT molecular complexity index is 670. The monoisotopic (exact) mass is 340 g/mol. The molecule has 1 aliphatic rings.